The first-order chi connectivity index (χ1) is 18.1. The van der Waals surface area contributed by atoms with Crippen LogP contribution in [-0.2, 0) is 6.42 Å². The van der Waals surface area contributed by atoms with Gasteiger partial charge in [0.2, 0.25) is 0 Å². The van der Waals surface area contributed by atoms with E-state index < -0.39 is 0 Å². The van der Waals surface area contributed by atoms with Gasteiger partial charge in [-0.1, -0.05) is 6.07 Å². The lowest BCUT2D eigenvalue weighted by Gasteiger charge is -2.31. The molecule has 2 aromatic heterocycles. The van der Waals surface area contributed by atoms with Crippen molar-refractivity contribution < 1.29 is 9.15 Å². The third-order valence-corrected chi connectivity index (χ3v) is 8.12. The molecule has 37 heavy (non-hydrogen) atoms. The van der Waals surface area contributed by atoms with Crippen molar-refractivity contribution in [1.29, 1.82) is 0 Å². The number of rotatable bonds is 7. The lowest BCUT2D eigenvalue weighted by molar-refractivity contribution is 0.282. The standard InChI is InChI=1S/C29H37N5O3/c1-19-4-10-24(36-19)3-2-14-31-22-6-8-23(9-7-22)34-18-27-28(33-29(34)35)32-25-17-21(5-11-26(25)37-27)20-12-15-30-16-13-20/h4-5,10-11,17-18,20,22-23,30-31H,2-3,6-9,12-16H2,1H3,(H,32,33,35). The predicted octanol–water partition coefficient (Wildman–Crippen LogP) is 5.17. The summed E-state index contributed by atoms with van der Waals surface area (Å²) < 4.78 is 13.7. The van der Waals surface area contributed by atoms with E-state index in [1.165, 1.54) is 5.56 Å². The van der Waals surface area contributed by atoms with Gasteiger partial charge in [-0.05, 0) is 107 Å². The number of nitrogens with one attached hydrogen (secondary N) is 3. The van der Waals surface area contributed by atoms with Gasteiger partial charge >= 0.3 is 5.69 Å². The summed E-state index contributed by atoms with van der Waals surface area (Å²) in [5.74, 6) is 4.51. The summed E-state index contributed by atoms with van der Waals surface area (Å²) in [7, 11) is 0. The molecular weight excluding hydrogens is 466 g/mol. The van der Waals surface area contributed by atoms with Crippen LogP contribution < -0.4 is 26.4 Å². The molecule has 196 valence electrons. The number of ether oxygens (including phenoxy) is 1. The first-order valence-corrected chi connectivity index (χ1v) is 13.8. The Balaban J connectivity index is 1.05. The van der Waals surface area contributed by atoms with E-state index in [-0.39, 0.29) is 11.7 Å². The minimum atomic E-state index is -0.210. The van der Waals surface area contributed by atoms with Crippen molar-refractivity contribution >= 4 is 11.5 Å². The molecule has 2 aliphatic heterocycles. The molecular formula is C29H37N5O3. The number of anilines is 2. The average Bonchev–Trinajstić information content (AvgIpc) is 3.35. The van der Waals surface area contributed by atoms with Gasteiger partial charge in [0.15, 0.2) is 17.3 Å². The zero-order valence-electron chi connectivity index (χ0n) is 21.6. The highest BCUT2D eigenvalue weighted by molar-refractivity contribution is 5.73. The van der Waals surface area contributed by atoms with Gasteiger partial charge < -0.3 is 25.1 Å². The molecule has 0 unspecified atom stereocenters. The molecule has 3 aromatic rings. The lowest BCUT2D eigenvalue weighted by Crippen LogP contribution is -2.37. The van der Waals surface area contributed by atoms with Crippen LogP contribution in [0, 0.1) is 6.92 Å². The highest BCUT2D eigenvalue weighted by Gasteiger charge is 2.27. The fraction of sp³-hybridized carbons (Fsp3) is 0.517. The summed E-state index contributed by atoms with van der Waals surface area (Å²) in [5.41, 5.74) is 1.99. The van der Waals surface area contributed by atoms with Crippen molar-refractivity contribution in [3.63, 3.8) is 0 Å². The molecule has 0 bridgehead atoms. The third kappa shape index (κ3) is 5.45. The number of piperidine rings is 1. The van der Waals surface area contributed by atoms with Crippen molar-refractivity contribution in [2.24, 2.45) is 0 Å². The minimum absolute atomic E-state index is 0.154. The Morgan fingerprint density at radius 3 is 2.68 bits per heavy atom. The summed E-state index contributed by atoms with van der Waals surface area (Å²) >= 11 is 0. The fourth-order valence-electron chi connectivity index (χ4n) is 6.01. The van der Waals surface area contributed by atoms with Gasteiger partial charge in [-0.25, -0.2) is 4.79 Å². The summed E-state index contributed by atoms with van der Waals surface area (Å²) in [6.45, 7) is 5.07. The van der Waals surface area contributed by atoms with E-state index in [4.69, 9.17) is 9.15 Å². The topological polar surface area (TPSA) is 93.4 Å². The maximum Gasteiger partial charge on any atom is 0.350 e. The van der Waals surface area contributed by atoms with E-state index in [1.54, 1.807) is 4.57 Å². The molecule has 8 nitrogen and oxygen atoms in total. The fourth-order valence-corrected chi connectivity index (χ4v) is 6.01. The second-order valence-electron chi connectivity index (χ2n) is 10.7. The van der Waals surface area contributed by atoms with Crippen molar-refractivity contribution in [3.05, 3.63) is 64.1 Å². The van der Waals surface area contributed by atoms with Crippen molar-refractivity contribution in [2.75, 3.05) is 25.0 Å². The number of benzene rings is 1. The maximum atomic E-state index is 13.0. The number of furan rings is 1. The predicted molar refractivity (Wildman–Crippen MR) is 144 cm³/mol. The Labute approximate surface area is 217 Å². The molecule has 4 heterocycles. The van der Waals surface area contributed by atoms with E-state index >= 15 is 0 Å². The number of nitrogens with zero attached hydrogens (tertiary/aromatic N) is 2. The lowest BCUT2D eigenvalue weighted by atomic mass is 9.90. The van der Waals surface area contributed by atoms with E-state index in [9.17, 15) is 4.79 Å². The van der Waals surface area contributed by atoms with Gasteiger partial charge in [-0.15, -0.1) is 0 Å². The van der Waals surface area contributed by atoms with Gasteiger partial charge in [-0.2, -0.15) is 4.98 Å². The van der Waals surface area contributed by atoms with Crippen LogP contribution in [0.3, 0.4) is 0 Å². The average molecular weight is 504 g/mol. The molecule has 1 aromatic carbocycles. The number of aromatic nitrogens is 2. The van der Waals surface area contributed by atoms with E-state index in [2.05, 4.69) is 39.1 Å². The molecule has 0 amide bonds. The molecule has 3 N–H and O–H groups in total. The Morgan fingerprint density at radius 1 is 1.05 bits per heavy atom. The molecule has 0 radical (unpaired) electrons. The Hall–Kier alpha value is -3.10. The molecule has 0 spiro atoms. The van der Waals surface area contributed by atoms with Gasteiger partial charge in [0.05, 0.1) is 11.9 Å². The maximum absolute atomic E-state index is 13.0. The smallest absolute Gasteiger partial charge is 0.350 e. The summed E-state index contributed by atoms with van der Waals surface area (Å²) in [5, 5.41) is 10.5. The number of fused-ring (bicyclic) bond motifs is 2. The first kappa shape index (κ1) is 24.2. The van der Waals surface area contributed by atoms with Gasteiger partial charge in [0.25, 0.3) is 0 Å². The second-order valence-corrected chi connectivity index (χ2v) is 10.7. The highest BCUT2D eigenvalue weighted by Crippen LogP contribution is 2.42. The largest absolute Gasteiger partial charge is 0.466 e. The highest BCUT2D eigenvalue weighted by atomic mass is 16.5. The summed E-state index contributed by atoms with van der Waals surface area (Å²) in [6.07, 6.45) is 10.2. The summed E-state index contributed by atoms with van der Waals surface area (Å²) in [6, 6.07) is 11.1. The number of hydrogen-bond acceptors (Lipinski definition) is 7. The Morgan fingerprint density at radius 2 is 1.89 bits per heavy atom. The normalized spacial score (nSPS) is 21.5. The van der Waals surface area contributed by atoms with Gasteiger partial charge in [0, 0.05) is 18.5 Å². The van der Waals surface area contributed by atoms with Crippen LogP contribution in [0.15, 0.2) is 45.7 Å². The minimum Gasteiger partial charge on any atom is -0.466 e. The van der Waals surface area contributed by atoms with Crippen LogP contribution in [0.2, 0.25) is 0 Å². The molecule has 6 rings (SSSR count). The van der Waals surface area contributed by atoms with Crippen molar-refractivity contribution in [2.45, 2.75) is 76.3 Å². The monoisotopic (exact) mass is 503 g/mol. The zero-order chi connectivity index (χ0) is 25.2. The molecule has 1 saturated heterocycles. The van der Waals surface area contributed by atoms with E-state index in [1.807, 2.05) is 25.3 Å². The quantitative estimate of drug-likeness (QED) is 0.300. The van der Waals surface area contributed by atoms with Gasteiger partial charge in [0.1, 0.15) is 11.5 Å². The van der Waals surface area contributed by atoms with Gasteiger partial charge in [-0.3, -0.25) is 4.57 Å². The van der Waals surface area contributed by atoms with Crippen molar-refractivity contribution in [1.82, 2.24) is 20.2 Å². The van der Waals surface area contributed by atoms with Crippen LogP contribution in [0.5, 0.6) is 11.5 Å². The van der Waals surface area contributed by atoms with Crippen LogP contribution in [0.1, 0.15) is 74.0 Å². The van der Waals surface area contributed by atoms with Crippen LogP contribution in [0.25, 0.3) is 0 Å². The van der Waals surface area contributed by atoms with Crippen LogP contribution in [0.4, 0.5) is 11.5 Å². The Bertz CT molecular complexity index is 1280. The SMILES string of the molecule is Cc1ccc(CCCNC2CCC(n3cc4c(nc3=O)Nc3cc(C5CCNCC5)ccc3O4)CC2)o1. The molecule has 1 aliphatic carbocycles. The van der Waals surface area contributed by atoms with E-state index in [0.717, 1.165) is 94.0 Å². The van der Waals surface area contributed by atoms with E-state index in [0.29, 0.717) is 23.5 Å². The second kappa shape index (κ2) is 10.7. The van der Waals surface area contributed by atoms with Crippen LogP contribution >= 0.6 is 0 Å². The van der Waals surface area contributed by atoms with Crippen molar-refractivity contribution in [3.8, 4) is 11.5 Å². The molecule has 0 atom stereocenters. The number of hydrogen-bond donors (Lipinski definition) is 3. The molecule has 3 aliphatic rings. The first-order valence-electron chi connectivity index (χ1n) is 13.8. The zero-order valence-corrected chi connectivity index (χ0v) is 21.6. The molecule has 8 heteroatoms. The summed E-state index contributed by atoms with van der Waals surface area (Å²) in [4.78, 5) is 17.3. The van der Waals surface area contributed by atoms with Crippen LogP contribution in [-0.4, -0.2) is 35.2 Å². The Kier molecular flexibility index (Phi) is 7.02. The third-order valence-electron chi connectivity index (χ3n) is 8.12. The molecule has 1 saturated carbocycles. The number of aryl methyl sites for hydroxylation is 2. The molecule has 2 fully saturated rings.